The summed E-state index contributed by atoms with van der Waals surface area (Å²) in [5.74, 6) is -0.622. The molecule has 0 aliphatic carbocycles. The van der Waals surface area contributed by atoms with Crippen molar-refractivity contribution in [3.8, 4) is 0 Å². The van der Waals surface area contributed by atoms with E-state index < -0.39 is 17.7 Å². The summed E-state index contributed by atoms with van der Waals surface area (Å²) in [6.45, 7) is 11.5. The van der Waals surface area contributed by atoms with E-state index in [0.29, 0.717) is 12.2 Å². The predicted octanol–water partition coefficient (Wildman–Crippen LogP) is 6.70. The summed E-state index contributed by atoms with van der Waals surface area (Å²) in [4.78, 5) is 41.3. The number of aryl methyl sites for hydroxylation is 2. The number of carbonyl (C=O) groups is 3. The molecule has 38 heavy (non-hydrogen) atoms. The average Bonchev–Trinajstić information content (AvgIpc) is 2.85. The highest BCUT2D eigenvalue weighted by Crippen LogP contribution is 2.27. The van der Waals surface area contributed by atoms with Gasteiger partial charge in [0, 0.05) is 12.2 Å². The van der Waals surface area contributed by atoms with Crippen molar-refractivity contribution in [1.82, 2.24) is 10.2 Å². The quantitative estimate of drug-likeness (QED) is 0.286. The number of nitrogens with one attached hydrogen (secondary N) is 2. The standard InChI is InChI=1S/C31H45N3O4/c1-7-8-9-10-11-16-21-34(27(35)22-32-30(37)38-31(4,5)6)28(25-19-14-12-17-23(25)2)29(36)33-26-20-15-13-18-24(26)3/h12-15,17-20,28H,7-11,16,21-22H2,1-6H3,(H,32,37)(H,33,36). The van der Waals surface area contributed by atoms with Gasteiger partial charge in [-0.15, -0.1) is 0 Å². The van der Waals surface area contributed by atoms with Crippen LogP contribution in [0.15, 0.2) is 48.5 Å². The Morgan fingerprint density at radius 1 is 0.868 bits per heavy atom. The first-order valence-electron chi connectivity index (χ1n) is 13.7. The number of hydrogen-bond donors (Lipinski definition) is 2. The smallest absolute Gasteiger partial charge is 0.408 e. The lowest BCUT2D eigenvalue weighted by molar-refractivity contribution is -0.138. The van der Waals surface area contributed by atoms with Gasteiger partial charge >= 0.3 is 6.09 Å². The second-order valence-electron chi connectivity index (χ2n) is 10.8. The van der Waals surface area contributed by atoms with Gasteiger partial charge in [-0.2, -0.15) is 0 Å². The Bertz CT molecular complexity index is 1060. The Kier molecular flexibility index (Phi) is 12.3. The molecule has 0 heterocycles. The third-order valence-corrected chi connectivity index (χ3v) is 6.30. The van der Waals surface area contributed by atoms with E-state index in [-0.39, 0.29) is 18.4 Å². The maximum atomic E-state index is 13.8. The molecule has 1 atom stereocenters. The summed E-state index contributed by atoms with van der Waals surface area (Å²) in [7, 11) is 0. The van der Waals surface area contributed by atoms with Crippen LogP contribution in [0.4, 0.5) is 10.5 Å². The van der Waals surface area contributed by atoms with Gasteiger partial charge in [0.25, 0.3) is 5.91 Å². The van der Waals surface area contributed by atoms with Crippen molar-refractivity contribution in [2.24, 2.45) is 0 Å². The second kappa shape index (κ2) is 15.2. The number of unbranched alkanes of at least 4 members (excludes halogenated alkanes) is 5. The number of para-hydroxylation sites is 1. The molecule has 0 radical (unpaired) electrons. The van der Waals surface area contributed by atoms with Gasteiger partial charge in [-0.25, -0.2) is 4.79 Å². The van der Waals surface area contributed by atoms with Crippen LogP contribution in [0.1, 0.15) is 89.0 Å². The summed E-state index contributed by atoms with van der Waals surface area (Å²) in [6.07, 6.45) is 5.64. The largest absolute Gasteiger partial charge is 0.444 e. The fraction of sp³-hybridized carbons (Fsp3) is 0.516. The lowest BCUT2D eigenvalue weighted by Crippen LogP contribution is -2.47. The van der Waals surface area contributed by atoms with Crippen LogP contribution in [0.5, 0.6) is 0 Å². The molecule has 2 N–H and O–H groups in total. The van der Waals surface area contributed by atoms with Crippen LogP contribution in [0.25, 0.3) is 0 Å². The summed E-state index contributed by atoms with van der Waals surface area (Å²) in [6, 6.07) is 14.3. The van der Waals surface area contributed by atoms with E-state index >= 15 is 0 Å². The zero-order chi connectivity index (χ0) is 28.1. The van der Waals surface area contributed by atoms with E-state index in [1.54, 1.807) is 25.7 Å². The number of amides is 3. The number of nitrogens with zero attached hydrogens (tertiary/aromatic N) is 1. The fourth-order valence-corrected chi connectivity index (χ4v) is 4.28. The van der Waals surface area contributed by atoms with Crippen molar-refractivity contribution in [2.75, 3.05) is 18.4 Å². The summed E-state index contributed by atoms with van der Waals surface area (Å²) in [5.41, 5.74) is 2.63. The van der Waals surface area contributed by atoms with Crippen molar-refractivity contribution in [3.05, 3.63) is 65.2 Å². The van der Waals surface area contributed by atoms with Gasteiger partial charge < -0.3 is 20.3 Å². The molecule has 3 amide bonds. The highest BCUT2D eigenvalue weighted by atomic mass is 16.6. The molecule has 0 bridgehead atoms. The molecule has 2 aromatic rings. The summed E-state index contributed by atoms with van der Waals surface area (Å²) < 4.78 is 5.31. The van der Waals surface area contributed by atoms with Crippen LogP contribution >= 0.6 is 0 Å². The molecule has 0 aliphatic heterocycles. The molecule has 208 valence electrons. The van der Waals surface area contributed by atoms with Crippen LogP contribution in [-0.2, 0) is 14.3 Å². The van der Waals surface area contributed by atoms with Crippen LogP contribution in [-0.4, -0.2) is 41.5 Å². The highest BCUT2D eigenvalue weighted by molar-refractivity contribution is 5.99. The first kappa shape index (κ1) is 30.9. The first-order chi connectivity index (χ1) is 18.0. The van der Waals surface area contributed by atoms with E-state index in [0.717, 1.165) is 48.8 Å². The van der Waals surface area contributed by atoms with E-state index in [9.17, 15) is 14.4 Å². The Balaban J connectivity index is 2.34. The fourth-order valence-electron chi connectivity index (χ4n) is 4.28. The van der Waals surface area contributed by atoms with Crippen molar-refractivity contribution >= 4 is 23.6 Å². The van der Waals surface area contributed by atoms with Crippen molar-refractivity contribution in [1.29, 1.82) is 0 Å². The van der Waals surface area contributed by atoms with Crippen molar-refractivity contribution in [3.63, 3.8) is 0 Å². The number of anilines is 1. The molecular weight excluding hydrogens is 478 g/mol. The van der Waals surface area contributed by atoms with Gasteiger partial charge in [-0.05, 0) is 63.8 Å². The molecule has 0 aromatic heterocycles. The van der Waals surface area contributed by atoms with Gasteiger partial charge in [0.2, 0.25) is 5.91 Å². The minimum Gasteiger partial charge on any atom is -0.444 e. The lowest BCUT2D eigenvalue weighted by Gasteiger charge is -2.32. The number of benzene rings is 2. The van der Waals surface area contributed by atoms with Crippen LogP contribution < -0.4 is 10.6 Å². The van der Waals surface area contributed by atoms with Crippen LogP contribution in [0.3, 0.4) is 0 Å². The molecule has 7 nitrogen and oxygen atoms in total. The third kappa shape index (κ3) is 10.2. The monoisotopic (exact) mass is 523 g/mol. The summed E-state index contributed by atoms with van der Waals surface area (Å²) >= 11 is 0. The summed E-state index contributed by atoms with van der Waals surface area (Å²) in [5, 5.41) is 5.61. The van der Waals surface area contributed by atoms with Crippen LogP contribution in [0.2, 0.25) is 0 Å². The Morgan fingerprint density at radius 3 is 2.11 bits per heavy atom. The normalized spacial score (nSPS) is 11.9. The molecule has 2 rings (SSSR count). The average molecular weight is 524 g/mol. The number of ether oxygens (including phenoxy) is 1. The van der Waals surface area contributed by atoms with E-state index in [1.165, 1.54) is 6.42 Å². The molecule has 1 unspecified atom stereocenters. The van der Waals surface area contributed by atoms with E-state index in [4.69, 9.17) is 4.74 Å². The molecule has 0 saturated carbocycles. The molecule has 0 fully saturated rings. The van der Waals surface area contributed by atoms with Gasteiger partial charge in [-0.1, -0.05) is 81.5 Å². The zero-order valence-corrected chi connectivity index (χ0v) is 23.9. The minimum atomic E-state index is -0.848. The first-order valence-corrected chi connectivity index (χ1v) is 13.7. The second-order valence-corrected chi connectivity index (χ2v) is 10.8. The van der Waals surface area contributed by atoms with Crippen molar-refractivity contribution in [2.45, 2.75) is 91.7 Å². The molecule has 0 aliphatic rings. The molecule has 2 aromatic carbocycles. The zero-order valence-electron chi connectivity index (χ0n) is 23.9. The van der Waals surface area contributed by atoms with Crippen LogP contribution in [0, 0.1) is 13.8 Å². The Labute approximate surface area is 228 Å². The molecular formula is C31H45N3O4. The number of alkyl carbamates (subject to hydrolysis) is 1. The molecule has 0 saturated heterocycles. The van der Waals surface area contributed by atoms with E-state index in [2.05, 4.69) is 17.6 Å². The highest BCUT2D eigenvalue weighted by Gasteiger charge is 2.32. The van der Waals surface area contributed by atoms with Gasteiger partial charge in [0.05, 0.1) is 0 Å². The van der Waals surface area contributed by atoms with Gasteiger partial charge in [0.15, 0.2) is 0 Å². The van der Waals surface area contributed by atoms with Gasteiger partial charge in [-0.3, -0.25) is 9.59 Å². The Hall–Kier alpha value is -3.35. The maximum Gasteiger partial charge on any atom is 0.408 e. The molecule has 0 spiro atoms. The van der Waals surface area contributed by atoms with E-state index in [1.807, 2.05) is 62.4 Å². The van der Waals surface area contributed by atoms with Gasteiger partial charge in [0.1, 0.15) is 18.2 Å². The third-order valence-electron chi connectivity index (χ3n) is 6.30. The number of hydrogen-bond acceptors (Lipinski definition) is 4. The van der Waals surface area contributed by atoms with Crippen molar-refractivity contribution < 1.29 is 19.1 Å². The SMILES string of the molecule is CCCCCCCCN(C(=O)CNC(=O)OC(C)(C)C)C(C(=O)Nc1ccccc1C)c1ccccc1C. The number of rotatable bonds is 13. The topological polar surface area (TPSA) is 87.7 Å². The minimum absolute atomic E-state index is 0.259. The number of carbonyl (C=O) groups excluding carboxylic acids is 3. The predicted molar refractivity (Wildman–Crippen MR) is 153 cm³/mol. The maximum absolute atomic E-state index is 13.8. The lowest BCUT2D eigenvalue weighted by atomic mass is 9.98. The Morgan fingerprint density at radius 2 is 1.47 bits per heavy atom. The molecule has 7 heteroatoms.